The van der Waals surface area contributed by atoms with E-state index in [2.05, 4.69) is 0 Å². The number of anilines is 1. The van der Waals surface area contributed by atoms with Crippen molar-refractivity contribution in [1.82, 2.24) is 0 Å². The van der Waals surface area contributed by atoms with Crippen molar-refractivity contribution in [2.45, 2.75) is 5.92 Å². The predicted molar refractivity (Wildman–Crippen MR) is 48.6 cm³/mol. The summed E-state index contributed by atoms with van der Waals surface area (Å²) in [5.41, 5.74) is 0.762. The summed E-state index contributed by atoms with van der Waals surface area (Å²) < 4.78 is 25.0. The Bertz CT molecular complexity index is 319. The van der Waals surface area contributed by atoms with Crippen LogP contribution < -0.4 is 4.90 Å². The summed E-state index contributed by atoms with van der Waals surface area (Å²) in [7, 11) is 0. The van der Waals surface area contributed by atoms with Crippen molar-refractivity contribution in [3.05, 3.63) is 29.3 Å². The van der Waals surface area contributed by atoms with Crippen molar-refractivity contribution in [3.8, 4) is 0 Å². The average molecular weight is 204 g/mol. The third kappa shape index (κ3) is 1.75. The lowest BCUT2D eigenvalue weighted by Crippen LogP contribution is -2.56. The van der Waals surface area contributed by atoms with E-state index in [1.54, 1.807) is 29.2 Å². The van der Waals surface area contributed by atoms with Crippen LogP contribution >= 0.6 is 11.6 Å². The zero-order valence-electron chi connectivity index (χ0n) is 6.80. The highest BCUT2D eigenvalue weighted by atomic mass is 35.5. The third-order valence-corrected chi connectivity index (χ3v) is 2.25. The largest absolute Gasteiger partial charge is 0.359 e. The lowest BCUT2D eigenvalue weighted by Gasteiger charge is -2.40. The first-order valence-corrected chi connectivity index (χ1v) is 4.33. The van der Waals surface area contributed by atoms with E-state index in [1.165, 1.54) is 0 Å². The molecule has 0 unspecified atom stereocenters. The van der Waals surface area contributed by atoms with E-state index >= 15 is 0 Å². The van der Waals surface area contributed by atoms with Crippen molar-refractivity contribution < 1.29 is 8.78 Å². The Kier molecular flexibility index (Phi) is 1.91. The molecule has 70 valence electrons. The molecule has 2 rings (SSSR count). The van der Waals surface area contributed by atoms with Crippen molar-refractivity contribution in [3.63, 3.8) is 0 Å². The highest BCUT2D eigenvalue weighted by Gasteiger charge is 2.43. The molecule has 1 aliphatic heterocycles. The van der Waals surface area contributed by atoms with Gasteiger partial charge >= 0.3 is 0 Å². The molecule has 1 aromatic rings. The zero-order valence-corrected chi connectivity index (χ0v) is 7.56. The quantitative estimate of drug-likeness (QED) is 0.679. The van der Waals surface area contributed by atoms with E-state index in [-0.39, 0.29) is 13.1 Å². The Labute approximate surface area is 79.9 Å². The predicted octanol–water partition coefficient (Wildman–Crippen LogP) is 2.80. The van der Waals surface area contributed by atoms with Crippen LogP contribution in [0.3, 0.4) is 0 Å². The van der Waals surface area contributed by atoms with Gasteiger partial charge in [-0.25, -0.2) is 8.78 Å². The van der Waals surface area contributed by atoms with Crippen molar-refractivity contribution >= 4 is 17.3 Å². The second-order valence-corrected chi connectivity index (χ2v) is 3.63. The number of alkyl halides is 2. The molecule has 4 heteroatoms. The van der Waals surface area contributed by atoms with Crippen LogP contribution in [0.4, 0.5) is 14.5 Å². The van der Waals surface area contributed by atoms with Gasteiger partial charge in [-0.2, -0.15) is 0 Å². The van der Waals surface area contributed by atoms with Gasteiger partial charge in [-0.15, -0.1) is 0 Å². The molecule has 0 bridgehead atoms. The topological polar surface area (TPSA) is 3.24 Å². The average Bonchev–Trinajstić information content (AvgIpc) is 2.00. The lowest BCUT2D eigenvalue weighted by molar-refractivity contribution is -0.0262. The molecule has 1 nitrogen and oxygen atoms in total. The molecule has 0 aromatic heterocycles. The maximum absolute atomic E-state index is 12.5. The van der Waals surface area contributed by atoms with Crippen molar-refractivity contribution in [2.75, 3.05) is 18.0 Å². The smallest absolute Gasteiger partial charge is 0.282 e. The van der Waals surface area contributed by atoms with E-state index in [4.69, 9.17) is 11.6 Å². The molecule has 1 aliphatic rings. The third-order valence-electron chi connectivity index (χ3n) is 2.02. The Balaban J connectivity index is 2.11. The lowest BCUT2D eigenvalue weighted by atomic mass is 10.1. The minimum Gasteiger partial charge on any atom is -0.359 e. The Morgan fingerprint density at radius 3 is 2.54 bits per heavy atom. The second-order valence-electron chi connectivity index (χ2n) is 3.19. The normalized spacial score (nSPS) is 19.8. The molecule has 0 saturated carbocycles. The minimum atomic E-state index is -2.53. The van der Waals surface area contributed by atoms with E-state index in [0.29, 0.717) is 5.02 Å². The monoisotopic (exact) mass is 203 g/mol. The van der Waals surface area contributed by atoms with Gasteiger partial charge in [-0.05, 0) is 18.2 Å². The number of halogens is 3. The summed E-state index contributed by atoms with van der Waals surface area (Å²) in [5.74, 6) is -2.53. The molecule has 0 N–H and O–H groups in total. The molecule has 0 aliphatic carbocycles. The van der Waals surface area contributed by atoms with Gasteiger partial charge < -0.3 is 4.90 Å². The minimum absolute atomic E-state index is 0.201. The Morgan fingerprint density at radius 2 is 2.00 bits per heavy atom. The first kappa shape index (κ1) is 8.75. The molecule has 1 fully saturated rings. The number of benzene rings is 1. The number of rotatable bonds is 1. The SMILES string of the molecule is FC1(F)CN(c2cccc(Cl)c2)C1. The van der Waals surface area contributed by atoms with Gasteiger partial charge in [0, 0.05) is 10.7 Å². The van der Waals surface area contributed by atoms with Gasteiger partial charge in [-0.3, -0.25) is 0 Å². The van der Waals surface area contributed by atoms with Crippen LogP contribution in [0.1, 0.15) is 0 Å². The summed E-state index contributed by atoms with van der Waals surface area (Å²) in [4.78, 5) is 1.60. The zero-order chi connectivity index (χ0) is 9.47. The first-order valence-electron chi connectivity index (χ1n) is 3.95. The number of hydrogen-bond donors (Lipinski definition) is 0. The molecule has 0 radical (unpaired) electrons. The van der Waals surface area contributed by atoms with Crippen LogP contribution in [0.15, 0.2) is 24.3 Å². The molecular formula is C9H8ClF2N. The molecule has 1 heterocycles. The summed E-state index contributed by atoms with van der Waals surface area (Å²) >= 11 is 5.73. The first-order chi connectivity index (χ1) is 6.07. The fraction of sp³-hybridized carbons (Fsp3) is 0.333. The summed E-state index contributed by atoms with van der Waals surface area (Å²) in [6.45, 7) is -0.402. The highest BCUT2D eigenvalue weighted by Crippen LogP contribution is 2.32. The standard InChI is InChI=1S/C9H8ClF2N/c10-7-2-1-3-8(4-7)13-5-9(11,12)6-13/h1-4H,5-6H2. The summed E-state index contributed by atoms with van der Waals surface area (Å²) in [6, 6.07) is 6.95. The van der Waals surface area contributed by atoms with E-state index < -0.39 is 5.92 Å². The Hall–Kier alpha value is -0.830. The van der Waals surface area contributed by atoms with Crippen LogP contribution in [0.2, 0.25) is 5.02 Å². The Morgan fingerprint density at radius 1 is 1.31 bits per heavy atom. The highest BCUT2D eigenvalue weighted by molar-refractivity contribution is 6.30. The van der Waals surface area contributed by atoms with E-state index in [1.807, 2.05) is 0 Å². The van der Waals surface area contributed by atoms with E-state index in [0.717, 1.165) is 5.69 Å². The molecule has 13 heavy (non-hydrogen) atoms. The number of hydrogen-bond acceptors (Lipinski definition) is 1. The molecular weight excluding hydrogens is 196 g/mol. The second kappa shape index (κ2) is 2.84. The van der Waals surface area contributed by atoms with Gasteiger partial charge in [0.2, 0.25) is 0 Å². The van der Waals surface area contributed by atoms with Gasteiger partial charge in [0.25, 0.3) is 5.92 Å². The molecule has 1 aromatic carbocycles. The van der Waals surface area contributed by atoms with Crippen LogP contribution in [-0.4, -0.2) is 19.0 Å². The maximum atomic E-state index is 12.5. The van der Waals surface area contributed by atoms with Crippen LogP contribution in [0.5, 0.6) is 0 Å². The molecule has 0 spiro atoms. The van der Waals surface area contributed by atoms with E-state index in [9.17, 15) is 8.78 Å². The van der Waals surface area contributed by atoms with Gasteiger partial charge in [-0.1, -0.05) is 17.7 Å². The van der Waals surface area contributed by atoms with Gasteiger partial charge in [0.15, 0.2) is 0 Å². The van der Waals surface area contributed by atoms with Crippen molar-refractivity contribution in [2.24, 2.45) is 0 Å². The van der Waals surface area contributed by atoms with Gasteiger partial charge in [0.1, 0.15) is 0 Å². The van der Waals surface area contributed by atoms with Crippen LogP contribution in [-0.2, 0) is 0 Å². The number of nitrogens with zero attached hydrogens (tertiary/aromatic N) is 1. The van der Waals surface area contributed by atoms with Gasteiger partial charge in [0.05, 0.1) is 13.1 Å². The molecule has 0 amide bonds. The van der Waals surface area contributed by atoms with Crippen LogP contribution in [0.25, 0.3) is 0 Å². The fourth-order valence-corrected chi connectivity index (χ4v) is 1.55. The molecule has 1 saturated heterocycles. The fourth-order valence-electron chi connectivity index (χ4n) is 1.37. The summed E-state index contributed by atoms with van der Waals surface area (Å²) in [5, 5.41) is 0.577. The summed E-state index contributed by atoms with van der Waals surface area (Å²) in [6.07, 6.45) is 0. The molecule has 0 atom stereocenters. The van der Waals surface area contributed by atoms with Crippen LogP contribution in [0, 0.1) is 0 Å². The van der Waals surface area contributed by atoms with Crippen molar-refractivity contribution in [1.29, 1.82) is 0 Å². The maximum Gasteiger partial charge on any atom is 0.282 e.